The van der Waals surface area contributed by atoms with Crippen LogP contribution in [0.3, 0.4) is 0 Å². The molecule has 2 aromatic rings. The van der Waals surface area contributed by atoms with Crippen LogP contribution in [0.2, 0.25) is 0 Å². The van der Waals surface area contributed by atoms with Crippen molar-refractivity contribution in [1.29, 1.82) is 0 Å². The van der Waals surface area contributed by atoms with Crippen molar-refractivity contribution in [3.05, 3.63) is 58.3 Å². The Balaban J connectivity index is 1.59. The number of benzene rings is 1. The maximum absolute atomic E-state index is 12.8. The van der Waals surface area contributed by atoms with Crippen molar-refractivity contribution >= 4 is 29.0 Å². The molecule has 3 rings (SSSR count). The van der Waals surface area contributed by atoms with Gasteiger partial charge in [0.25, 0.3) is 0 Å². The van der Waals surface area contributed by atoms with E-state index in [-0.39, 0.29) is 5.91 Å². The maximum atomic E-state index is 12.8. The highest BCUT2D eigenvalue weighted by atomic mass is 32.1. The third-order valence-electron chi connectivity index (χ3n) is 4.06. The van der Waals surface area contributed by atoms with Gasteiger partial charge in [-0.1, -0.05) is 12.1 Å². The molecule has 0 spiro atoms. The molecule has 0 aliphatic carbocycles. The van der Waals surface area contributed by atoms with Crippen LogP contribution in [-0.4, -0.2) is 37.0 Å². The zero-order valence-corrected chi connectivity index (χ0v) is 14.2. The maximum Gasteiger partial charge on any atom is 0.416 e. The fraction of sp³-hybridized carbons (Fsp3) is 0.278. The third kappa shape index (κ3) is 4.42. The van der Waals surface area contributed by atoms with E-state index in [0.29, 0.717) is 31.9 Å². The SMILES string of the molecule is O=C(/C=C/c1cccs1)N1CCN(c2cccc(C(F)(F)F)c2)CC1. The molecular weight excluding hydrogens is 349 g/mol. The van der Waals surface area contributed by atoms with E-state index < -0.39 is 11.7 Å². The van der Waals surface area contributed by atoms with Gasteiger partial charge in [0.15, 0.2) is 0 Å². The zero-order chi connectivity index (χ0) is 17.9. The lowest BCUT2D eigenvalue weighted by atomic mass is 10.1. The van der Waals surface area contributed by atoms with Crippen LogP contribution in [-0.2, 0) is 11.0 Å². The van der Waals surface area contributed by atoms with Crippen LogP contribution in [0.1, 0.15) is 10.4 Å². The molecule has 25 heavy (non-hydrogen) atoms. The molecule has 0 saturated carbocycles. The first-order chi connectivity index (χ1) is 11.9. The van der Waals surface area contributed by atoms with E-state index in [9.17, 15) is 18.0 Å². The molecule has 0 unspecified atom stereocenters. The molecular formula is C18H17F3N2OS. The van der Waals surface area contributed by atoms with Crippen molar-refractivity contribution in [2.24, 2.45) is 0 Å². The van der Waals surface area contributed by atoms with Gasteiger partial charge >= 0.3 is 6.18 Å². The van der Waals surface area contributed by atoms with Gasteiger partial charge in [-0.05, 0) is 35.7 Å². The van der Waals surface area contributed by atoms with Crippen LogP contribution >= 0.6 is 11.3 Å². The van der Waals surface area contributed by atoms with E-state index in [1.807, 2.05) is 22.4 Å². The van der Waals surface area contributed by atoms with E-state index in [1.165, 1.54) is 6.07 Å². The Kier molecular flexibility index (Phi) is 5.13. The lowest BCUT2D eigenvalue weighted by molar-refractivity contribution is -0.137. The number of rotatable bonds is 3. The molecule has 0 bridgehead atoms. The van der Waals surface area contributed by atoms with Gasteiger partial charge in [0, 0.05) is 42.8 Å². The summed E-state index contributed by atoms with van der Waals surface area (Å²) < 4.78 is 38.5. The fourth-order valence-corrected chi connectivity index (χ4v) is 3.33. The first-order valence-electron chi connectivity index (χ1n) is 7.86. The van der Waals surface area contributed by atoms with E-state index in [1.54, 1.807) is 34.5 Å². The monoisotopic (exact) mass is 366 g/mol. The summed E-state index contributed by atoms with van der Waals surface area (Å²) in [6, 6.07) is 9.17. The third-order valence-corrected chi connectivity index (χ3v) is 4.90. The number of carbonyl (C=O) groups excluding carboxylic acids is 1. The molecule has 1 aromatic heterocycles. The number of amides is 1. The molecule has 1 aromatic carbocycles. The summed E-state index contributed by atoms with van der Waals surface area (Å²) in [5, 5.41) is 1.94. The highest BCUT2D eigenvalue weighted by Crippen LogP contribution is 2.31. The van der Waals surface area contributed by atoms with Crippen molar-refractivity contribution in [2.75, 3.05) is 31.1 Å². The topological polar surface area (TPSA) is 23.6 Å². The first-order valence-corrected chi connectivity index (χ1v) is 8.74. The lowest BCUT2D eigenvalue weighted by Gasteiger charge is -2.35. The minimum absolute atomic E-state index is 0.0721. The number of anilines is 1. The molecule has 3 nitrogen and oxygen atoms in total. The smallest absolute Gasteiger partial charge is 0.368 e. The van der Waals surface area contributed by atoms with Crippen LogP contribution in [0.5, 0.6) is 0 Å². The Hall–Kier alpha value is -2.28. The van der Waals surface area contributed by atoms with Crippen LogP contribution in [0.25, 0.3) is 6.08 Å². The molecule has 132 valence electrons. The summed E-state index contributed by atoms with van der Waals surface area (Å²) in [6.45, 7) is 2.01. The average Bonchev–Trinajstić information content (AvgIpc) is 3.13. The van der Waals surface area contributed by atoms with Crippen LogP contribution in [0, 0.1) is 0 Å². The number of hydrogen-bond donors (Lipinski definition) is 0. The van der Waals surface area contributed by atoms with Crippen molar-refractivity contribution < 1.29 is 18.0 Å². The second-order valence-electron chi connectivity index (χ2n) is 5.71. The number of alkyl halides is 3. The molecule has 2 heterocycles. The summed E-state index contributed by atoms with van der Waals surface area (Å²) in [4.78, 5) is 16.8. The number of hydrogen-bond acceptors (Lipinski definition) is 3. The van der Waals surface area contributed by atoms with E-state index in [0.717, 1.165) is 17.0 Å². The van der Waals surface area contributed by atoms with Gasteiger partial charge in [-0.15, -0.1) is 11.3 Å². The summed E-state index contributed by atoms with van der Waals surface area (Å²) in [5.41, 5.74) is -0.113. The van der Waals surface area contributed by atoms with Gasteiger partial charge < -0.3 is 9.80 Å². The minimum Gasteiger partial charge on any atom is -0.368 e. The van der Waals surface area contributed by atoms with Gasteiger partial charge in [0.1, 0.15) is 0 Å². The number of carbonyl (C=O) groups is 1. The molecule has 1 saturated heterocycles. The second-order valence-corrected chi connectivity index (χ2v) is 6.69. The van der Waals surface area contributed by atoms with E-state index in [2.05, 4.69) is 0 Å². The fourth-order valence-electron chi connectivity index (χ4n) is 2.71. The Bertz CT molecular complexity index is 748. The predicted octanol–water partition coefficient (Wildman–Crippen LogP) is 4.13. The standard InChI is InChI=1S/C18H17F3N2OS/c19-18(20,21)14-3-1-4-15(13-14)22-8-10-23(11-9-22)17(24)7-6-16-5-2-12-25-16/h1-7,12-13H,8-11H2/b7-6+. The van der Waals surface area contributed by atoms with E-state index in [4.69, 9.17) is 0 Å². The molecule has 1 fully saturated rings. The normalized spacial score (nSPS) is 15.8. The molecule has 0 N–H and O–H groups in total. The summed E-state index contributed by atoms with van der Waals surface area (Å²) in [5.74, 6) is -0.0721. The van der Waals surface area contributed by atoms with Gasteiger partial charge in [-0.2, -0.15) is 13.2 Å². The average molecular weight is 366 g/mol. The molecule has 1 amide bonds. The Morgan fingerprint density at radius 3 is 2.48 bits per heavy atom. The second kappa shape index (κ2) is 7.31. The van der Waals surface area contributed by atoms with Gasteiger partial charge in [-0.3, -0.25) is 4.79 Å². The van der Waals surface area contributed by atoms with Gasteiger partial charge in [-0.25, -0.2) is 0 Å². The van der Waals surface area contributed by atoms with Crippen molar-refractivity contribution in [2.45, 2.75) is 6.18 Å². The summed E-state index contributed by atoms with van der Waals surface area (Å²) >= 11 is 1.55. The summed E-state index contributed by atoms with van der Waals surface area (Å²) in [6.07, 6.45) is -1.02. The molecule has 0 atom stereocenters. The molecule has 7 heteroatoms. The Labute approximate surface area is 148 Å². The predicted molar refractivity (Wildman–Crippen MR) is 93.6 cm³/mol. The first kappa shape index (κ1) is 17.5. The Morgan fingerprint density at radius 1 is 1.08 bits per heavy atom. The van der Waals surface area contributed by atoms with Crippen molar-refractivity contribution in [3.8, 4) is 0 Å². The number of halogens is 3. The molecule has 1 aliphatic rings. The lowest BCUT2D eigenvalue weighted by Crippen LogP contribution is -2.48. The highest BCUT2D eigenvalue weighted by Gasteiger charge is 2.31. The number of piperazine rings is 1. The van der Waals surface area contributed by atoms with Crippen LogP contribution in [0.15, 0.2) is 47.9 Å². The minimum atomic E-state index is -4.35. The summed E-state index contributed by atoms with van der Waals surface area (Å²) in [7, 11) is 0. The zero-order valence-electron chi connectivity index (χ0n) is 13.4. The van der Waals surface area contributed by atoms with E-state index >= 15 is 0 Å². The van der Waals surface area contributed by atoms with Gasteiger partial charge in [0.05, 0.1) is 5.56 Å². The largest absolute Gasteiger partial charge is 0.416 e. The quantitative estimate of drug-likeness (QED) is 0.763. The van der Waals surface area contributed by atoms with Crippen molar-refractivity contribution in [3.63, 3.8) is 0 Å². The Morgan fingerprint density at radius 2 is 1.84 bits per heavy atom. The molecule has 1 aliphatic heterocycles. The van der Waals surface area contributed by atoms with Gasteiger partial charge in [0.2, 0.25) is 5.91 Å². The highest BCUT2D eigenvalue weighted by molar-refractivity contribution is 7.10. The van der Waals surface area contributed by atoms with Crippen LogP contribution < -0.4 is 4.90 Å². The van der Waals surface area contributed by atoms with Crippen LogP contribution in [0.4, 0.5) is 18.9 Å². The number of thiophene rings is 1. The molecule has 0 radical (unpaired) electrons. The number of nitrogens with zero attached hydrogens (tertiary/aromatic N) is 2. The van der Waals surface area contributed by atoms with Crippen molar-refractivity contribution in [1.82, 2.24) is 4.90 Å².